The Kier molecular flexibility index (Phi) is 4.47. The SMILES string of the molecule is O=C(CN1C(=O)C2C3C=CC(C3)C2C1=O)Nc1ccc(Cc2nc3ccccc3s2)cc1. The maximum absolute atomic E-state index is 12.7. The van der Waals surface area contributed by atoms with Gasteiger partial charge in [0.1, 0.15) is 6.54 Å². The molecule has 7 heteroatoms. The highest BCUT2D eigenvalue weighted by Gasteiger charge is 2.59. The van der Waals surface area contributed by atoms with E-state index in [4.69, 9.17) is 0 Å². The second-order valence-electron chi connectivity index (χ2n) is 8.76. The van der Waals surface area contributed by atoms with E-state index in [0.717, 1.165) is 33.8 Å². The second-order valence-corrected chi connectivity index (χ2v) is 9.87. The second kappa shape index (κ2) is 7.38. The van der Waals surface area contributed by atoms with Crippen LogP contribution in [0.5, 0.6) is 0 Å². The highest BCUT2D eigenvalue weighted by molar-refractivity contribution is 7.18. The van der Waals surface area contributed by atoms with Gasteiger partial charge in [0.2, 0.25) is 17.7 Å². The number of thiazole rings is 1. The minimum absolute atomic E-state index is 0.150. The number of nitrogens with one attached hydrogen (secondary N) is 1. The number of anilines is 1. The lowest BCUT2D eigenvalue weighted by Gasteiger charge is -2.16. The predicted octanol–water partition coefficient (Wildman–Crippen LogP) is 3.63. The van der Waals surface area contributed by atoms with E-state index in [0.29, 0.717) is 5.69 Å². The molecule has 0 radical (unpaired) electrons. The van der Waals surface area contributed by atoms with Crippen LogP contribution in [0.25, 0.3) is 10.2 Å². The number of imide groups is 1. The Labute approximate surface area is 188 Å². The van der Waals surface area contributed by atoms with Crippen molar-refractivity contribution in [1.82, 2.24) is 9.88 Å². The van der Waals surface area contributed by atoms with Gasteiger partial charge in [-0.25, -0.2) is 4.98 Å². The maximum Gasteiger partial charge on any atom is 0.244 e. The number of likely N-dealkylation sites (tertiary alicyclic amines) is 1. The van der Waals surface area contributed by atoms with Crippen molar-refractivity contribution in [2.75, 3.05) is 11.9 Å². The molecule has 1 aliphatic heterocycles. The van der Waals surface area contributed by atoms with Gasteiger partial charge in [0, 0.05) is 12.1 Å². The molecule has 6 rings (SSSR count). The fourth-order valence-electron chi connectivity index (χ4n) is 5.34. The standard InChI is InChI=1S/C25H21N3O3S/c29-20(13-28-24(30)22-15-7-8-16(12-15)23(22)25(28)31)26-17-9-5-14(6-10-17)11-21-27-18-3-1-2-4-19(18)32-21/h1-10,15-16,22-23H,11-13H2,(H,26,29). The van der Waals surface area contributed by atoms with Crippen molar-refractivity contribution in [3.8, 4) is 0 Å². The molecule has 160 valence electrons. The van der Waals surface area contributed by atoms with Gasteiger partial charge in [-0.15, -0.1) is 11.3 Å². The van der Waals surface area contributed by atoms with Crippen LogP contribution in [0.1, 0.15) is 17.0 Å². The Morgan fingerprint density at radius 1 is 1.00 bits per heavy atom. The lowest BCUT2D eigenvalue weighted by Crippen LogP contribution is -2.39. The molecule has 3 aliphatic rings. The van der Waals surface area contributed by atoms with Gasteiger partial charge in [-0.1, -0.05) is 36.4 Å². The molecule has 6 nitrogen and oxygen atoms in total. The molecular formula is C25H21N3O3S. The first-order chi connectivity index (χ1) is 15.6. The number of carbonyl (C=O) groups is 3. The maximum atomic E-state index is 12.7. The number of nitrogens with zero attached hydrogens (tertiary/aromatic N) is 2. The molecule has 4 atom stereocenters. The highest BCUT2D eigenvalue weighted by atomic mass is 32.1. The summed E-state index contributed by atoms with van der Waals surface area (Å²) < 4.78 is 1.17. The number of rotatable bonds is 5. The Morgan fingerprint density at radius 3 is 2.38 bits per heavy atom. The summed E-state index contributed by atoms with van der Waals surface area (Å²) in [5.74, 6) is -0.989. The first-order valence-electron chi connectivity index (χ1n) is 10.8. The molecule has 32 heavy (non-hydrogen) atoms. The molecular weight excluding hydrogens is 422 g/mol. The number of para-hydroxylation sites is 1. The summed E-state index contributed by atoms with van der Waals surface area (Å²) in [6, 6.07) is 15.7. The molecule has 0 spiro atoms. The normalized spacial score (nSPS) is 25.7. The van der Waals surface area contributed by atoms with Crippen LogP contribution in [0.2, 0.25) is 0 Å². The van der Waals surface area contributed by atoms with E-state index in [1.54, 1.807) is 11.3 Å². The third-order valence-electron chi connectivity index (χ3n) is 6.79. The monoisotopic (exact) mass is 443 g/mol. The molecule has 2 heterocycles. The molecule has 2 aromatic carbocycles. The number of benzene rings is 2. The van der Waals surface area contributed by atoms with Crippen LogP contribution in [0, 0.1) is 23.7 Å². The number of aromatic nitrogens is 1. The van der Waals surface area contributed by atoms with Gasteiger partial charge in [0.15, 0.2) is 0 Å². The van der Waals surface area contributed by atoms with Crippen LogP contribution in [0.15, 0.2) is 60.7 Å². The average molecular weight is 444 g/mol. The van der Waals surface area contributed by atoms with Gasteiger partial charge < -0.3 is 5.32 Å². The number of allylic oxidation sites excluding steroid dienone is 2. The summed E-state index contributed by atoms with van der Waals surface area (Å²) in [5.41, 5.74) is 2.75. The molecule has 1 N–H and O–H groups in total. The van der Waals surface area contributed by atoms with Crippen molar-refractivity contribution < 1.29 is 14.4 Å². The highest BCUT2D eigenvalue weighted by Crippen LogP contribution is 2.52. The summed E-state index contributed by atoms with van der Waals surface area (Å²) >= 11 is 1.68. The Morgan fingerprint density at radius 2 is 1.69 bits per heavy atom. The van der Waals surface area contributed by atoms with Crippen molar-refractivity contribution in [2.24, 2.45) is 23.7 Å². The molecule has 3 aromatic rings. The van der Waals surface area contributed by atoms with E-state index in [2.05, 4.69) is 28.5 Å². The Hall–Kier alpha value is -3.32. The van der Waals surface area contributed by atoms with Crippen molar-refractivity contribution in [2.45, 2.75) is 12.8 Å². The third-order valence-corrected chi connectivity index (χ3v) is 7.83. The lowest BCUT2D eigenvalue weighted by molar-refractivity contribution is -0.143. The topological polar surface area (TPSA) is 79.4 Å². The number of carbonyl (C=O) groups excluding carboxylic acids is 3. The third kappa shape index (κ3) is 3.15. The van der Waals surface area contributed by atoms with E-state index < -0.39 is 0 Å². The zero-order valence-corrected chi connectivity index (χ0v) is 18.0. The van der Waals surface area contributed by atoms with Gasteiger partial charge in [-0.3, -0.25) is 19.3 Å². The van der Waals surface area contributed by atoms with Crippen LogP contribution >= 0.6 is 11.3 Å². The smallest absolute Gasteiger partial charge is 0.244 e. The van der Waals surface area contributed by atoms with E-state index >= 15 is 0 Å². The predicted molar refractivity (Wildman–Crippen MR) is 122 cm³/mol. The number of hydrogen-bond donors (Lipinski definition) is 1. The lowest BCUT2D eigenvalue weighted by atomic mass is 9.85. The number of fused-ring (bicyclic) bond motifs is 6. The summed E-state index contributed by atoms with van der Waals surface area (Å²) in [6.07, 6.45) is 5.71. The Bertz CT molecular complexity index is 1220. The first-order valence-corrected chi connectivity index (χ1v) is 11.7. The van der Waals surface area contributed by atoms with Crippen LogP contribution in [-0.4, -0.2) is 34.2 Å². The van der Waals surface area contributed by atoms with Gasteiger partial charge in [-0.05, 0) is 48.1 Å². The molecule has 3 amide bonds. The van der Waals surface area contributed by atoms with Gasteiger partial charge >= 0.3 is 0 Å². The average Bonchev–Trinajstić information content (AvgIpc) is 3.55. The van der Waals surface area contributed by atoms with E-state index in [9.17, 15) is 14.4 Å². The van der Waals surface area contributed by atoms with Crippen LogP contribution < -0.4 is 5.32 Å². The van der Waals surface area contributed by atoms with Crippen molar-refractivity contribution >= 4 is 45.0 Å². The molecule has 2 aliphatic carbocycles. The summed E-state index contributed by atoms with van der Waals surface area (Å²) in [7, 11) is 0. The quantitative estimate of drug-likeness (QED) is 0.482. The largest absolute Gasteiger partial charge is 0.325 e. The molecule has 2 fully saturated rings. The molecule has 2 bridgehead atoms. The summed E-state index contributed by atoms with van der Waals surface area (Å²) in [6.45, 7) is -0.225. The van der Waals surface area contributed by atoms with Crippen molar-refractivity contribution in [3.05, 3.63) is 71.3 Å². The minimum atomic E-state index is -0.356. The van der Waals surface area contributed by atoms with Gasteiger partial charge in [0.25, 0.3) is 0 Å². The van der Waals surface area contributed by atoms with Gasteiger partial charge in [-0.2, -0.15) is 0 Å². The molecule has 4 unspecified atom stereocenters. The fourth-order valence-corrected chi connectivity index (χ4v) is 6.34. The van der Waals surface area contributed by atoms with E-state index in [-0.39, 0.29) is 47.9 Å². The molecule has 1 aromatic heterocycles. The zero-order chi connectivity index (χ0) is 21.8. The molecule has 1 saturated carbocycles. The molecule has 1 saturated heterocycles. The zero-order valence-electron chi connectivity index (χ0n) is 17.2. The van der Waals surface area contributed by atoms with Crippen LogP contribution in [-0.2, 0) is 20.8 Å². The van der Waals surface area contributed by atoms with Crippen LogP contribution in [0.4, 0.5) is 5.69 Å². The van der Waals surface area contributed by atoms with Crippen molar-refractivity contribution in [3.63, 3.8) is 0 Å². The Balaban J connectivity index is 1.09. The minimum Gasteiger partial charge on any atom is -0.325 e. The summed E-state index contributed by atoms with van der Waals surface area (Å²) in [4.78, 5) is 43.9. The van der Waals surface area contributed by atoms with E-state index in [1.165, 1.54) is 4.70 Å². The van der Waals surface area contributed by atoms with Gasteiger partial charge in [0.05, 0.1) is 27.1 Å². The first kappa shape index (κ1) is 19.4. The number of hydrogen-bond acceptors (Lipinski definition) is 5. The van der Waals surface area contributed by atoms with Crippen molar-refractivity contribution in [1.29, 1.82) is 0 Å². The fraction of sp³-hybridized carbons (Fsp3) is 0.280. The number of amides is 3. The summed E-state index contributed by atoms with van der Waals surface area (Å²) in [5, 5.41) is 3.86. The van der Waals surface area contributed by atoms with E-state index in [1.807, 2.05) is 42.5 Å². The van der Waals surface area contributed by atoms with Crippen LogP contribution in [0.3, 0.4) is 0 Å².